The molecule has 0 heterocycles. The predicted octanol–water partition coefficient (Wildman–Crippen LogP) is 4.56. The Balaban J connectivity index is 2.18. The van der Waals surface area contributed by atoms with Gasteiger partial charge in [0.1, 0.15) is 5.75 Å². The molecule has 0 aliphatic heterocycles. The molecule has 0 saturated heterocycles. The first-order chi connectivity index (χ1) is 9.61. The van der Waals surface area contributed by atoms with Gasteiger partial charge in [0.2, 0.25) is 0 Å². The first-order valence-electron chi connectivity index (χ1n) is 8.04. The number of para-hydroxylation sites is 1. The lowest BCUT2D eigenvalue weighted by atomic mass is 9.77. The van der Waals surface area contributed by atoms with Crippen molar-refractivity contribution >= 4 is 0 Å². The molecule has 2 nitrogen and oxygen atoms in total. The molecule has 2 heteroatoms. The second-order valence-electron chi connectivity index (χ2n) is 6.49. The Bertz CT molecular complexity index is 408. The van der Waals surface area contributed by atoms with E-state index in [2.05, 4.69) is 57.4 Å². The van der Waals surface area contributed by atoms with Gasteiger partial charge in [0.15, 0.2) is 0 Å². The molecule has 1 saturated carbocycles. The zero-order valence-corrected chi connectivity index (χ0v) is 13.4. The van der Waals surface area contributed by atoms with Crippen molar-refractivity contribution in [1.82, 2.24) is 5.32 Å². The Morgan fingerprint density at radius 1 is 1.10 bits per heavy atom. The van der Waals surface area contributed by atoms with Crippen molar-refractivity contribution in [3.05, 3.63) is 29.8 Å². The third-order valence-corrected chi connectivity index (χ3v) is 4.46. The number of benzene rings is 1. The second-order valence-corrected chi connectivity index (χ2v) is 6.49. The minimum absolute atomic E-state index is 0.222. The van der Waals surface area contributed by atoms with Gasteiger partial charge in [0.05, 0.1) is 6.10 Å². The summed E-state index contributed by atoms with van der Waals surface area (Å²) in [5, 5.41) is 3.54. The van der Waals surface area contributed by atoms with E-state index in [1.807, 2.05) is 0 Å². The molecular weight excluding hydrogens is 246 g/mol. The van der Waals surface area contributed by atoms with Crippen LogP contribution in [0.25, 0.3) is 0 Å². The average molecular weight is 275 g/mol. The van der Waals surface area contributed by atoms with Crippen LogP contribution in [0.15, 0.2) is 24.3 Å². The van der Waals surface area contributed by atoms with Crippen molar-refractivity contribution in [3.8, 4) is 5.75 Å². The van der Waals surface area contributed by atoms with E-state index >= 15 is 0 Å². The van der Waals surface area contributed by atoms with Crippen LogP contribution in [-0.4, -0.2) is 13.2 Å². The molecule has 1 aliphatic rings. The van der Waals surface area contributed by atoms with Gasteiger partial charge in [-0.25, -0.2) is 0 Å². The van der Waals surface area contributed by atoms with Gasteiger partial charge in [-0.1, -0.05) is 38.0 Å². The minimum atomic E-state index is 0.222. The number of hydrogen-bond acceptors (Lipinski definition) is 2. The lowest BCUT2D eigenvalue weighted by Gasteiger charge is -2.33. The van der Waals surface area contributed by atoms with E-state index in [4.69, 9.17) is 4.74 Å². The van der Waals surface area contributed by atoms with Crippen molar-refractivity contribution < 1.29 is 4.74 Å². The summed E-state index contributed by atoms with van der Waals surface area (Å²) in [6.45, 7) is 6.56. The van der Waals surface area contributed by atoms with E-state index in [1.165, 1.54) is 31.2 Å². The summed E-state index contributed by atoms with van der Waals surface area (Å²) >= 11 is 0. The summed E-state index contributed by atoms with van der Waals surface area (Å²) in [5.74, 6) is 2.67. The molecule has 1 atom stereocenters. The van der Waals surface area contributed by atoms with Crippen LogP contribution in [0.4, 0.5) is 0 Å². The molecule has 112 valence electrons. The van der Waals surface area contributed by atoms with Crippen LogP contribution in [0.5, 0.6) is 5.75 Å². The molecule has 1 aromatic carbocycles. The highest BCUT2D eigenvalue weighted by molar-refractivity contribution is 5.36. The van der Waals surface area contributed by atoms with E-state index < -0.39 is 0 Å². The normalized spacial score (nSPS) is 24.6. The van der Waals surface area contributed by atoms with Gasteiger partial charge in [-0.3, -0.25) is 0 Å². The number of hydrogen-bond donors (Lipinski definition) is 1. The van der Waals surface area contributed by atoms with Crippen molar-refractivity contribution in [2.24, 2.45) is 11.8 Å². The number of nitrogens with one attached hydrogen (secondary N) is 1. The highest BCUT2D eigenvalue weighted by Crippen LogP contribution is 2.39. The van der Waals surface area contributed by atoms with Gasteiger partial charge in [-0.15, -0.1) is 0 Å². The molecule has 0 spiro atoms. The van der Waals surface area contributed by atoms with Gasteiger partial charge in [-0.2, -0.15) is 0 Å². The van der Waals surface area contributed by atoms with Crippen LogP contribution in [0.1, 0.15) is 58.1 Å². The summed E-state index contributed by atoms with van der Waals surface area (Å²) in [6, 6.07) is 8.93. The zero-order valence-electron chi connectivity index (χ0n) is 13.4. The molecule has 1 fully saturated rings. The summed E-state index contributed by atoms with van der Waals surface area (Å²) in [5.41, 5.74) is 1.32. The third kappa shape index (κ3) is 3.76. The van der Waals surface area contributed by atoms with Crippen LogP contribution in [0.3, 0.4) is 0 Å². The standard InChI is InChI=1S/C18H29NO/c1-13(2)20-17-8-6-5-7-16(17)18(19-4)15-11-9-14(3)10-12-15/h5-8,13-15,18-19H,9-12H2,1-4H3. The Morgan fingerprint density at radius 3 is 2.35 bits per heavy atom. The summed E-state index contributed by atoms with van der Waals surface area (Å²) in [7, 11) is 2.08. The molecule has 0 aromatic heterocycles. The maximum absolute atomic E-state index is 6.00. The summed E-state index contributed by atoms with van der Waals surface area (Å²) in [6.07, 6.45) is 5.58. The van der Waals surface area contributed by atoms with Crippen molar-refractivity contribution in [2.45, 2.75) is 58.6 Å². The van der Waals surface area contributed by atoms with Crippen LogP contribution in [0, 0.1) is 11.8 Å². The molecule has 1 aromatic rings. The molecule has 1 N–H and O–H groups in total. The Hall–Kier alpha value is -1.02. The highest BCUT2D eigenvalue weighted by atomic mass is 16.5. The molecule has 1 unspecified atom stereocenters. The fourth-order valence-corrected chi connectivity index (χ4v) is 3.36. The Labute approximate surface area is 123 Å². The average Bonchev–Trinajstić information content (AvgIpc) is 2.43. The number of rotatable bonds is 5. The predicted molar refractivity (Wildman–Crippen MR) is 85.1 cm³/mol. The fraction of sp³-hybridized carbons (Fsp3) is 0.667. The van der Waals surface area contributed by atoms with E-state index in [0.29, 0.717) is 6.04 Å². The maximum atomic E-state index is 6.00. The monoisotopic (exact) mass is 275 g/mol. The molecule has 2 rings (SSSR count). The van der Waals surface area contributed by atoms with Gasteiger partial charge < -0.3 is 10.1 Å². The van der Waals surface area contributed by atoms with Gasteiger partial charge in [0.25, 0.3) is 0 Å². The molecular formula is C18H29NO. The topological polar surface area (TPSA) is 21.3 Å². The summed E-state index contributed by atoms with van der Waals surface area (Å²) < 4.78 is 6.00. The van der Waals surface area contributed by atoms with E-state index in [1.54, 1.807) is 0 Å². The third-order valence-electron chi connectivity index (χ3n) is 4.46. The molecule has 20 heavy (non-hydrogen) atoms. The van der Waals surface area contributed by atoms with E-state index in [0.717, 1.165) is 17.6 Å². The number of ether oxygens (including phenoxy) is 1. The first kappa shape index (κ1) is 15.4. The Morgan fingerprint density at radius 2 is 1.75 bits per heavy atom. The van der Waals surface area contributed by atoms with E-state index in [-0.39, 0.29) is 6.10 Å². The van der Waals surface area contributed by atoms with Gasteiger partial charge in [-0.05, 0) is 51.6 Å². The Kier molecular flexibility index (Phi) is 5.47. The first-order valence-corrected chi connectivity index (χ1v) is 8.04. The van der Waals surface area contributed by atoms with Crippen molar-refractivity contribution in [2.75, 3.05) is 7.05 Å². The molecule has 1 aliphatic carbocycles. The van der Waals surface area contributed by atoms with E-state index in [9.17, 15) is 0 Å². The lowest BCUT2D eigenvalue weighted by Crippen LogP contribution is -2.29. The zero-order chi connectivity index (χ0) is 14.5. The van der Waals surface area contributed by atoms with Crippen LogP contribution < -0.4 is 10.1 Å². The van der Waals surface area contributed by atoms with Crippen molar-refractivity contribution in [3.63, 3.8) is 0 Å². The van der Waals surface area contributed by atoms with Gasteiger partial charge >= 0.3 is 0 Å². The lowest BCUT2D eigenvalue weighted by molar-refractivity contribution is 0.216. The molecule has 0 bridgehead atoms. The van der Waals surface area contributed by atoms with Crippen LogP contribution in [0.2, 0.25) is 0 Å². The molecule has 0 radical (unpaired) electrons. The largest absolute Gasteiger partial charge is 0.491 e. The minimum Gasteiger partial charge on any atom is -0.491 e. The SMILES string of the molecule is CNC(c1ccccc1OC(C)C)C1CCC(C)CC1. The second kappa shape index (κ2) is 7.12. The fourth-order valence-electron chi connectivity index (χ4n) is 3.36. The van der Waals surface area contributed by atoms with Crippen molar-refractivity contribution in [1.29, 1.82) is 0 Å². The van der Waals surface area contributed by atoms with Gasteiger partial charge in [0, 0.05) is 11.6 Å². The maximum Gasteiger partial charge on any atom is 0.124 e. The molecule has 0 amide bonds. The summed E-state index contributed by atoms with van der Waals surface area (Å²) in [4.78, 5) is 0. The quantitative estimate of drug-likeness (QED) is 0.850. The highest BCUT2D eigenvalue weighted by Gasteiger charge is 2.28. The van der Waals surface area contributed by atoms with Crippen LogP contribution >= 0.6 is 0 Å². The smallest absolute Gasteiger partial charge is 0.124 e. The van der Waals surface area contributed by atoms with Crippen LogP contribution in [-0.2, 0) is 0 Å².